The van der Waals surface area contributed by atoms with Gasteiger partial charge in [-0.2, -0.15) is 31.0 Å². The molecule has 2 aromatic heterocycles. The van der Waals surface area contributed by atoms with Gasteiger partial charge in [-0.1, -0.05) is 11.6 Å². The van der Waals surface area contributed by atoms with Crippen LogP contribution in [0.1, 0.15) is 24.2 Å². The summed E-state index contributed by atoms with van der Waals surface area (Å²) < 4.78 is 65.7. The van der Waals surface area contributed by atoms with E-state index in [0.29, 0.717) is 31.8 Å². The van der Waals surface area contributed by atoms with Crippen LogP contribution in [-0.2, 0) is 16.4 Å². The van der Waals surface area contributed by atoms with E-state index in [2.05, 4.69) is 10.1 Å². The van der Waals surface area contributed by atoms with Crippen molar-refractivity contribution in [2.75, 3.05) is 25.0 Å². The summed E-state index contributed by atoms with van der Waals surface area (Å²) in [7, 11) is -2.33. The predicted molar refractivity (Wildman–Crippen MR) is 96.3 cm³/mol. The average Bonchev–Trinajstić information content (AvgIpc) is 2.78. The molecule has 0 atom stereocenters. The van der Waals surface area contributed by atoms with Crippen LogP contribution in [-0.4, -0.2) is 53.5 Å². The number of nitrogens with zero attached hydrogens (tertiary/aromatic N) is 5. The SMILES string of the molecule is Cc1nc(N2CC3(CC(N(C)S(N)(=O)=O)C3)C2)c2c(C(F)(F)F)c(Cl)cn2n1. The molecule has 1 aliphatic carbocycles. The Balaban J connectivity index is 1.61. The van der Waals surface area contributed by atoms with Crippen molar-refractivity contribution >= 4 is 33.1 Å². The molecule has 1 saturated carbocycles. The predicted octanol–water partition coefficient (Wildman–Crippen LogP) is 1.81. The smallest absolute Gasteiger partial charge is 0.353 e. The lowest BCUT2D eigenvalue weighted by atomic mass is 9.60. The van der Waals surface area contributed by atoms with Gasteiger partial charge >= 0.3 is 6.18 Å². The molecule has 4 rings (SSSR count). The van der Waals surface area contributed by atoms with Gasteiger partial charge < -0.3 is 4.90 Å². The molecule has 8 nitrogen and oxygen atoms in total. The standard InChI is InChI=1S/C15H18ClF3N6O2S/c1-8-21-13(12-11(15(17,18)19)10(16)5-25(12)22-8)24-6-14(7-24)3-9(4-14)23(2)28(20,26)27/h5,9H,3-4,6-7H2,1-2H3,(H2,20,26,27). The maximum absolute atomic E-state index is 13.5. The Morgan fingerprint density at radius 2 is 1.96 bits per heavy atom. The average molecular weight is 439 g/mol. The summed E-state index contributed by atoms with van der Waals surface area (Å²) in [5.74, 6) is 0.505. The second-order valence-corrected chi connectivity index (χ2v) is 9.62. The number of halogens is 4. The fourth-order valence-electron chi connectivity index (χ4n) is 4.21. The largest absolute Gasteiger partial charge is 0.420 e. The minimum Gasteiger partial charge on any atom is -0.353 e. The number of nitrogens with two attached hydrogens (primary N) is 1. The van der Waals surface area contributed by atoms with Gasteiger partial charge in [-0.05, 0) is 19.8 Å². The van der Waals surface area contributed by atoms with E-state index in [9.17, 15) is 21.6 Å². The third-order valence-corrected chi connectivity index (χ3v) is 6.95. The molecule has 2 aliphatic rings. The quantitative estimate of drug-likeness (QED) is 0.788. The van der Waals surface area contributed by atoms with Crippen molar-refractivity contribution in [3.05, 3.63) is 22.6 Å². The first-order valence-corrected chi connectivity index (χ1v) is 10.3. The highest BCUT2D eigenvalue weighted by Crippen LogP contribution is 2.52. The van der Waals surface area contributed by atoms with E-state index < -0.39 is 27.0 Å². The molecular weight excluding hydrogens is 421 g/mol. The number of aromatic nitrogens is 3. The van der Waals surface area contributed by atoms with Gasteiger partial charge in [-0.25, -0.2) is 14.6 Å². The van der Waals surface area contributed by atoms with Gasteiger partial charge in [0.2, 0.25) is 0 Å². The van der Waals surface area contributed by atoms with Gasteiger partial charge in [0.1, 0.15) is 16.9 Å². The van der Waals surface area contributed by atoms with Crippen LogP contribution in [0.15, 0.2) is 6.20 Å². The molecule has 0 amide bonds. The summed E-state index contributed by atoms with van der Waals surface area (Å²) in [6, 6.07) is -0.196. The number of hydrogen-bond donors (Lipinski definition) is 1. The molecule has 3 heterocycles. The molecule has 154 valence electrons. The minimum absolute atomic E-state index is 0.145. The first kappa shape index (κ1) is 19.7. The minimum atomic E-state index is -4.64. The molecule has 2 N–H and O–H groups in total. The number of aryl methyl sites for hydroxylation is 1. The summed E-state index contributed by atoms with van der Waals surface area (Å²) in [5, 5.41) is 8.73. The highest BCUT2D eigenvalue weighted by atomic mass is 35.5. The zero-order valence-electron chi connectivity index (χ0n) is 15.0. The highest BCUT2D eigenvalue weighted by Gasteiger charge is 2.55. The van der Waals surface area contributed by atoms with E-state index in [-0.39, 0.29) is 22.8 Å². The highest BCUT2D eigenvalue weighted by molar-refractivity contribution is 7.86. The third-order valence-electron chi connectivity index (χ3n) is 5.56. The topological polar surface area (TPSA) is 96.8 Å². The molecule has 1 aliphatic heterocycles. The Kier molecular flexibility index (Phi) is 4.17. The van der Waals surface area contributed by atoms with Gasteiger partial charge in [-0.15, -0.1) is 0 Å². The van der Waals surface area contributed by atoms with Gasteiger partial charge in [-0.3, -0.25) is 0 Å². The van der Waals surface area contributed by atoms with E-state index in [1.54, 1.807) is 11.8 Å². The fourth-order valence-corrected chi connectivity index (χ4v) is 5.06. The van der Waals surface area contributed by atoms with Gasteiger partial charge in [0, 0.05) is 37.8 Å². The van der Waals surface area contributed by atoms with Crippen LogP contribution in [0.25, 0.3) is 5.52 Å². The van der Waals surface area contributed by atoms with Crippen LogP contribution in [0.5, 0.6) is 0 Å². The Morgan fingerprint density at radius 3 is 2.50 bits per heavy atom. The van der Waals surface area contributed by atoms with Crippen LogP contribution in [0, 0.1) is 12.3 Å². The van der Waals surface area contributed by atoms with Crippen LogP contribution < -0.4 is 10.0 Å². The van der Waals surface area contributed by atoms with Crippen molar-refractivity contribution < 1.29 is 21.6 Å². The number of fused-ring (bicyclic) bond motifs is 1. The van der Waals surface area contributed by atoms with Crippen LogP contribution >= 0.6 is 11.6 Å². The monoisotopic (exact) mass is 438 g/mol. The first-order valence-electron chi connectivity index (χ1n) is 8.44. The molecule has 0 radical (unpaired) electrons. The summed E-state index contributed by atoms with van der Waals surface area (Å²) in [5.41, 5.74) is -1.27. The lowest BCUT2D eigenvalue weighted by molar-refractivity contribution is -0.136. The van der Waals surface area contributed by atoms with Gasteiger partial charge in [0.05, 0.1) is 5.02 Å². The summed E-state index contributed by atoms with van der Waals surface area (Å²) in [6.07, 6.45) is -2.30. The molecular formula is C15H18ClF3N6O2S. The summed E-state index contributed by atoms with van der Waals surface area (Å²) >= 11 is 5.83. The van der Waals surface area contributed by atoms with E-state index in [0.717, 1.165) is 15.0 Å². The molecule has 1 saturated heterocycles. The first-order chi connectivity index (χ1) is 12.8. The zero-order valence-corrected chi connectivity index (χ0v) is 16.6. The second-order valence-electron chi connectivity index (χ2n) is 7.60. The molecule has 2 aromatic rings. The van der Waals surface area contributed by atoms with Crippen LogP contribution in [0.2, 0.25) is 5.02 Å². The molecule has 0 bridgehead atoms. The third kappa shape index (κ3) is 3.02. The van der Waals surface area contributed by atoms with E-state index in [1.165, 1.54) is 7.05 Å². The summed E-state index contributed by atoms with van der Waals surface area (Å²) in [6.45, 7) is 2.56. The van der Waals surface area contributed by atoms with E-state index >= 15 is 0 Å². The zero-order chi connectivity index (χ0) is 20.6. The van der Waals surface area contributed by atoms with Crippen LogP contribution in [0.4, 0.5) is 19.0 Å². The Hall–Kier alpha value is -1.63. The van der Waals surface area contributed by atoms with E-state index in [1.807, 2.05) is 0 Å². The lowest BCUT2D eigenvalue weighted by Crippen LogP contribution is -2.67. The van der Waals surface area contributed by atoms with Crippen LogP contribution in [0.3, 0.4) is 0 Å². The normalized spacial score (nSPS) is 20.1. The second kappa shape index (κ2) is 5.94. The Bertz CT molecular complexity index is 1060. The fraction of sp³-hybridized carbons (Fsp3) is 0.600. The molecule has 2 fully saturated rings. The number of alkyl halides is 3. The van der Waals surface area contributed by atoms with Gasteiger partial charge in [0.25, 0.3) is 10.2 Å². The van der Waals surface area contributed by atoms with E-state index in [4.69, 9.17) is 16.7 Å². The van der Waals surface area contributed by atoms with Crippen molar-refractivity contribution in [2.45, 2.75) is 32.0 Å². The Labute approximate surface area is 164 Å². The molecule has 28 heavy (non-hydrogen) atoms. The van der Waals surface area contributed by atoms with Crippen molar-refractivity contribution in [1.29, 1.82) is 0 Å². The van der Waals surface area contributed by atoms with Gasteiger partial charge in [0.15, 0.2) is 5.82 Å². The molecule has 1 spiro atoms. The lowest BCUT2D eigenvalue weighted by Gasteiger charge is -2.60. The van der Waals surface area contributed by atoms with Crippen molar-refractivity contribution in [2.24, 2.45) is 10.6 Å². The maximum atomic E-state index is 13.5. The number of anilines is 1. The number of hydrogen-bond acceptors (Lipinski definition) is 5. The summed E-state index contributed by atoms with van der Waals surface area (Å²) in [4.78, 5) is 5.99. The Morgan fingerprint density at radius 1 is 1.36 bits per heavy atom. The maximum Gasteiger partial charge on any atom is 0.420 e. The van der Waals surface area contributed by atoms with Crippen molar-refractivity contribution in [3.8, 4) is 0 Å². The molecule has 0 unspecified atom stereocenters. The van der Waals surface area contributed by atoms with Crippen molar-refractivity contribution in [1.82, 2.24) is 18.9 Å². The molecule has 13 heteroatoms. The molecule has 0 aromatic carbocycles. The van der Waals surface area contributed by atoms with Crippen molar-refractivity contribution in [3.63, 3.8) is 0 Å². The number of rotatable bonds is 3.